The van der Waals surface area contributed by atoms with Gasteiger partial charge in [0.15, 0.2) is 6.29 Å². The van der Waals surface area contributed by atoms with E-state index in [1.54, 1.807) is 0 Å². The van der Waals surface area contributed by atoms with Crippen molar-refractivity contribution in [1.29, 1.82) is 0 Å². The number of hydrogen-bond donors (Lipinski definition) is 0. The lowest BCUT2D eigenvalue weighted by Gasteiger charge is -2.12. The Bertz CT molecular complexity index is 580. The molecule has 1 heterocycles. The minimum Gasteiger partial charge on any atom is -0.298 e. The first-order chi connectivity index (χ1) is 10.2. The van der Waals surface area contributed by atoms with Gasteiger partial charge in [-0.2, -0.15) is 5.10 Å². The molecule has 0 aliphatic rings. The summed E-state index contributed by atoms with van der Waals surface area (Å²) < 4.78 is 1.94. The van der Waals surface area contributed by atoms with E-state index in [-0.39, 0.29) is 0 Å². The first-order valence-electron chi connectivity index (χ1n) is 7.87. The van der Waals surface area contributed by atoms with Crippen molar-refractivity contribution in [3.63, 3.8) is 0 Å². The summed E-state index contributed by atoms with van der Waals surface area (Å²) in [5.41, 5.74) is 3.81. The van der Waals surface area contributed by atoms with Crippen LogP contribution in [0.25, 0.3) is 11.3 Å². The van der Waals surface area contributed by atoms with Gasteiger partial charge in [-0.3, -0.25) is 9.48 Å². The van der Waals surface area contributed by atoms with Gasteiger partial charge in [-0.05, 0) is 24.8 Å². The smallest absolute Gasteiger partial charge is 0.153 e. The fourth-order valence-corrected chi connectivity index (χ4v) is 2.68. The molecule has 0 saturated heterocycles. The number of carbonyl (C=O) groups is 1. The van der Waals surface area contributed by atoms with Crippen LogP contribution in [0.15, 0.2) is 30.5 Å². The van der Waals surface area contributed by atoms with E-state index in [9.17, 15) is 4.79 Å². The van der Waals surface area contributed by atoms with Crippen molar-refractivity contribution in [3.8, 4) is 11.3 Å². The molecular weight excluding hydrogens is 260 g/mol. The molecule has 0 atom stereocenters. The summed E-state index contributed by atoms with van der Waals surface area (Å²) in [6, 6.07) is 8.75. The minimum atomic E-state index is 0.358. The minimum absolute atomic E-state index is 0.358. The third kappa shape index (κ3) is 3.41. The van der Waals surface area contributed by atoms with Gasteiger partial charge in [0, 0.05) is 11.8 Å². The lowest BCUT2D eigenvalue weighted by atomic mass is 10.0. The first kappa shape index (κ1) is 15.5. The first-order valence-corrected chi connectivity index (χ1v) is 7.87. The maximum Gasteiger partial charge on any atom is 0.153 e. The summed E-state index contributed by atoms with van der Waals surface area (Å²) in [5, 5.41) is 4.65. The number of carbonyl (C=O) groups excluding carboxylic acids is 1. The fraction of sp³-hybridized carbons (Fsp3) is 0.444. The van der Waals surface area contributed by atoms with Gasteiger partial charge in [0.25, 0.3) is 0 Å². The maximum absolute atomic E-state index is 11.3. The van der Waals surface area contributed by atoms with Crippen molar-refractivity contribution in [1.82, 2.24) is 9.78 Å². The molecule has 1 aromatic heterocycles. The van der Waals surface area contributed by atoms with Gasteiger partial charge < -0.3 is 0 Å². The Morgan fingerprint density at radius 2 is 1.81 bits per heavy atom. The molecule has 112 valence electrons. The highest BCUT2D eigenvalue weighted by atomic mass is 16.1. The SMILES string of the molecule is CCCc1ccc(-c2nn(C(CC)CC)cc2C=O)cc1. The summed E-state index contributed by atoms with van der Waals surface area (Å²) in [6.07, 6.45) is 7.04. The van der Waals surface area contributed by atoms with Gasteiger partial charge in [0.05, 0.1) is 11.6 Å². The molecule has 21 heavy (non-hydrogen) atoms. The number of aryl methyl sites for hydroxylation is 1. The van der Waals surface area contributed by atoms with Crippen molar-refractivity contribution >= 4 is 6.29 Å². The quantitative estimate of drug-likeness (QED) is 0.692. The monoisotopic (exact) mass is 284 g/mol. The molecule has 0 bridgehead atoms. The zero-order chi connectivity index (χ0) is 15.2. The molecule has 0 aliphatic heterocycles. The lowest BCUT2D eigenvalue weighted by Crippen LogP contribution is -2.07. The Balaban J connectivity index is 2.35. The Morgan fingerprint density at radius 3 is 2.33 bits per heavy atom. The van der Waals surface area contributed by atoms with Crippen LogP contribution in [-0.4, -0.2) is 16.1 Å². The molecule has 0 unspecified atom stereocenters. The van der Waals surface area contributed by atoms with Crippen LogP contribution in [0.1, 0.15) is 62.0 Å². The highest BCUT2D eigenvalue weighted by molar-refractivity contribution is 5.85. The molecule has 2 rings (SSSR count). The predicted molar refractivity (Wildman–Crippen MR) is 86.7 cm³/mol. The number of benzene rings is 1. The summed E-state index contributed by atoms with van der Waals surface area (Å²) in [4.78, 5) is 11.3. The number of hydrogen-bond acceptors (Lipinski definition) is 2. The highest BCUT2D eigenvalue weighted by Crippen LogP contribution is 2.25. The van der Waals surface area contributed by atoms with Crippen molar-refractivity contribution in [3.05, 3.63) is 41.6 Å². The molecule has 0 aliphatic carbocycles. The predicted octanol–water partition coefficient (Wildman–Crippen LogP) is 4.68. The van der Waals surface area contributed by atoms with E-state index in [0.717, 1.165) is 43.2 Å². The zero-order valence-corrected chi connectivity index (χ0v) is 13.2. The van der Waals surface area contributed by atoms with Gasteiger partial charge in [-0.25, -0.2) is 0 Å². The van der Waals surface area contributed by atoms with Gasteiger partial charge >= 0.3 is 0 Å². The molecule has 3 nitrogen and oxygen atoms in total. The van der Waals surface area contributed by atoms with E-state index in [2.05, 4.69) is 50.1 Å². The second kappa shape index (κ2) is 7.21. The van der Waals surface area contributed by atoms with Crippen LogP contribution < -0.4 is 0 Å². The van der Waals surface area contributed by atoms with Crippen molar-refractivity contribution in [2.24, 2.45) is 0 Å². The third-order valence-corrected chi connectivity index (χ3v) is 3.97. The number of aldehydes is 1. The van der Waals surface area contributed by atoms with Crippen molar-refractivity contribution < 1.29 is 4.79 Å². The molecule has 0 radical (unpaired) electrons. The van der Waals surface area contributed by atoms with Gasteiger partial charge in [-0.15, -0.1) is 0 Å². The molecule has 0 fully saturated rings. The van der Waals surface area contributed by atoms with Gasteiger partial charge in [0.1, 0.15) is 5.69 Å². The number of aromatic nitrogens is 2. The Hall–Kier alpha value is -1.90. The highest BCUT2D eigenvalue weighted by Gasteiger charge is 2.14. The van der Waals surface area contributed by atoms with Crippen LogP contribution in [0.5, 0.6) is 0 Å². The molecule has 1 aromatic carbocycles. The largest absolute Gasteiger partial charge is 0.298 e. The van der Waals surface area contributed by atoms with E-state index >= 15 is 0 Å². The van der Waals surface area contributed by atoms with Crippen LogP contribution in [0.4, 0.5) is 0 Å². The Labute approximate surface area is 127 Å². The van der Waals surface area contributed by atoms with Gasteiger partial charge in [-0.1, -0.05) is 51.5 Å². The molecule has 0 saturated carbocycles. The normalized spacial score (nSPS) is 11.0. The summed E-state index contributed by atoms with van der Waals surface area (Å²) in [6.45, 7) is 6.47. The molecular formula is C18H24N2O. The maximum atomic E-state index is 11.3. The second-order valence-corrected chi connectivity index (χ2v) is 5.45. The standard InChI is InChI=1S/C18H24N2O/c1-4-7-14-8-10-15(11-9-14)18-16(13-21)12-20(19-18)17(5-2)6-3/h8-13,17H,4-7H2,1-3H3. The average molecular weight is 284 g/mol. The van der Waals surface area contributed by atoms with Crippen LogP contribution in [0.3, 0.4) is 0 Å². The molecule has 3 heteroatoms. The third-order valence-electron chi connectivity index (χ3n) is 3.97. The van der Waals surface area contributed by atoms with E-state index in [1.165, 1.54) is 5.56 Å². The molecule has 0 spiro atoms. The Morgan fingerprint density at radius 1 is 1.14 bits per heavy atom. The number of rotatable bonds is 7. The van der Waals surface area contributed by atoms with E-state index in [4.69, 9.17) is 0 Å². The zero-order valence-electron chi connectivity index (χ0n) is 13.2. The second-order valence-electron chi connectivity index (χ2n) is 5.45. The van der Waals surface area contributed by atoms with Gasteiger partial charge in [0.2, 0.25) is 0 Å². The van der Waals surface area contributed by atoms with Crippen molar-refractivity contribution in [2.75, 3.05) is 0 Å². The average Bonchev–Trinajstić information content (AvgIpc) is 2.94. The lowest BCUT2D eigenvalue weighted by molar-refractivity contribution is 0.112. The molecule has 0 amide bonds. The summed E-state index contributed by atoms with van der Waals surface area (Å²) >= 11 is 0. The van der Waals surface area contributed by atoms with Crippen LogP contribution >= 0.6 is 0 Å². The van der Waals surface area contributed by atoms with Crippen LogP contribution in [0, 0.1) is 0 Å². The summed E-state index contributed by atoms with van der Waals surface area (Å²) in [5.74, 6) is 0. The van der Waals surface area contributed by atoms with E-state index in [1.807, 2.05) is 10.9 Å². The van der Waals surface area contributed by atoms with E-state index in [0.29, 0.717) is 11.6 Å². The molecule has 2 aromatic rings. The van der Waals surface area contributed by atoms with Crippen LogP contribution in [0.2, 0.25) is 0 Å². The topological polar surface area (TPSA) is 34.9 Å². The summed E-state index contributed by atoms with van der Waals surface area (Å²) in [7, 11) is 0. The van der Waals surface area contributed by atoms with Crippen molar-refractivity contribution in [2.45, 2.75) is 52.5 Å². The molecule has 0 N–H and O–H groups in total. The fourth-order valence-electron chi connectivity index (χ4n) is 2.68. The van der Waals surface area contributed by atoms with E-state index < -0.39 is 0 Å². The number of nitrogens with zero attached hydrogens (tertiary/aromatic N) is 2. The Kier molecular flexibility index (Phi) is 5.32. The van der Waals surface area contributed by atoms with Crippen LogP contribution in [-0.2, 0) is 6.42 Å².